The van der Waals surface area contributed by atoms with Gasteiger partial charge in [-0.15, -0.1) is 11.3 Å². The van der Waals surface area contributed by atoms with Crippen LogP contribution in [0.1, 0.15) is 12.6 Å². The van der Waals surface area contributed by atoms with Crippen molar-refractivity contribution in [2.75, 3.05) is 0 Å². The Balaban J connectivity index is 2.18. The minimum absolute atomic E-state index is 0.122. The fourth-order valence-corrected chi connectivity index (χ4v) is 2.58. The highest BCUT2D eigenvalue weighted by molar-refractivity contribution is 7.17. The van der Waals surface area contributed by atoms with Gasteiger partial charge in [-0.1, -0.05) is 6.92 Å². The smallest absolute Gasteiger partial charge is 0.251 e. The molecule has 0 unspecified atom stereocenters. The lowest BCUT2D eigenvalue weighted by Gasteiger charge is -2.02. The number of rotatable bonds is 2. The Labute approximate surface area is 107 Å². The van der Waals surface area contributed by atoms with Gasteiger partial charge in [-0.2, -0.15) is 0 Å². The molecule has 3 rings (SSSR count). The van der Waals surface area contributed by atoms with Crippen molar-refractivity contribution in [2.24, 2.45) is 0 Å². The Bertz CT molecular complexity index is 760. The standard InChI is InChI=1S/C13H11N3OS/c1-2-9-6-12(17)16-13(15-9)8-5-11-10(14-7-8)3-4-18-11/h3-7H,2H2,1H3,(H,15,16,17). The molecular weight excluding hydrogens is 246 g/mol. The zero-order valence-corrected chi connectivity index (χ0v) is 10.6. The molecule has 3 aromatic heterocycles. The van der Waals surface area contributed by atoms with Gasteiger partial charge in [0.1, 0.15) is 5.82 Å². The summed E-state index contributed by atoms with van der Waals surface area (Å²) in [5.74, 6) is 0.585. The number of aryl methyl sites for hydroxylation is 1. The average molecular weight is 257 g/mol. The SMILES string of the molecule is CCc1cc(=O)[nH]c(-c2cnc3ccsc3c2)n1. The van der Waals surface area contributed by atoms with Gasteiger partial charge in [0.15, 0.2) is 0 Å². The first-order valence-electron chi connectivity index (χ1n) is 5.70. The summed E-state index contributed by atoms with van der Waals surface area (Å²) in [5, 5.41) is 2.00. The monoisotopic (exact) mass is 257 g/mol. The number of aromatic amines is 1. The van der Waals surface area contributed by atoms with Crippen LogP contribution in [0.15, 0.2) is 34.6 Å². The van der Waals surface area contributed by atoms with Crippen molar-refractivity contribution in [3.05, 3.63) is 45.8 Å². The van der Waals surface area contributed by atoms with E-state index in [-0.39, 0.29) is 5.56 Å². The lowest BCUT2D eigenvalue weighted by Crippen LogP contribution is -2.09. The maximum Gasteiger partial charge on any atom is 0.251 e. The molecule has 0 saturated heterocycles. The lowest BCUT2D eigenvalue weighted by molar-refractivity contribution is 0.986. The molecule has 90 valence electrons. The third-order valence-corrected chi connectivity index (χ3v) is 3.59. The number of H-pyrrole nitrogens is 1. The van der Waals surface area contributed by atoms with Gasteiger partial charge in [-0.05, 0) is 23.9 Å². The molecule has 0 bridgehead atoms. The predicted octanol–water partition coefficient (Wildman–Crippen LogP) is 2.61. The van der Waals surface area contributed by atoms with E-state index < -0.39 is 0 Å². The van der Waals surface area contributed by atoms with E-state index in [0.29, 0.717) is 5.82 Å². The summed E-state index contributed by atoms with van der Waals surface area (Å²) in [4.78, 5) is 23.1. The maximum absolute atomic E-state index is 11.5. The number of hydrogen-bond acceptors (Lipinski definition) is 4. The molecule has 0 spiro atoms. The highest BCUT2D eigenvalue weighted by Gasteiger charge is 2.05. The summed E-state index contributed by atoms with van der Waals surface area (Å²) in [6.07, 6.45) is 2.48. The molecule has 0 aliphatic heterocycles. The van der Waals surface area contributed by atoms with Crippen molar-refractivity contribution >= 4 is 21.6 Å². The Kier molecular flexibility index (Phi) is 2.68. The number of hydrogen-bond donors (Lipinski definition) is 1. The second kappa shape index (κ2) is 4.34. The Morgan fingerprint density at radius 3 is 3.11 bits per heavy atom. The molecule has 3 aromatic rings. The fourth-order valence-electron chi connectivity index (χ4n) is 1.80. The van der Waals surface area contributed by atoms with Gasteiger partial charge in [0.2, 0.25) is 0 Å². The molecule has 0 aromatic carbocycles. The van der Waals surface area contributed by atoms with Crippen LogP contribution in [0.3, 0.4) is 0 Å². The average Bonchev–Trinajstić information content (AvgIpc) is 2.85. The fraction of sp³-hybridized carbons (Fsp3) is 0.154. The summed E-state index contributed by atoms with van der Waals surface area (Å²) in [7, 11) is 0. The molecule has 0 aliphatic carbocycles. The highest BCUT2D eigenvalue weighted by Crippen LogP contribution is 2.23. The van der Waals surface area contributed by atoms with Gasteiger partial charge < -0.3 is 4.98 Å². The van der Waals surface area contributed by atoms with E-state index in [4.69, 9.17) is 0 Å². The molecule has 0 saturated carbocycles. The molecule has 0 atom stereocenters. The normalized spacial score (nSPS) is 10.9. The second-order valence-electron chi connectivity index (χ2n) is 3.97. The molecule has 0 fully saturated rings. The number of pyridine rings is 1. The molecule has 5 heteroatoms. The van der Waals surface area contributed by atoms with Crippen LogP contribution in [-0.2, 0) is 6.42 Å². The van der Waals surface area contributed by atoms with Crippen molar-refractivity contribution in [3.63, 3.8) is 0 Å². The van der Waals surface area contributed by atoms with Crippen LogP contribution in [0.4, 0.5) is 0 Å². The van der Waals surface area contributed by atoms with Crippen molar-refractivity contribution in [3.8, 4) is 11.4 Å². The quantitative estimate of drug-likeness (QED) is 0.767. The molecule has 3 heterocycles. The summed E-state index contributed by atoms with van der Waals surface area (Å²) in [6.45, 7) is 1.98. The van der Waals surface area contributed by atoms with Crippen LogP contribution in [0.2, 0.25) is 0 Å². The van der Waals surface area contributed by atoms with E-state index in [1.165, 1.54) is 6.07 Å². The van der Waals surface area contributed by atoms with E-state index in [2.05, 4.69) is 15.0 Å². The largest absolute Gasteiger partial charge is 0.306 e. The van der Waals surface area contributed by atoms with Crippen molar-refractivity contribution in [2.45, 2.75) is 13.3 Å². The number of nitrogens with one attached hydrogen (secondary N) is 1. The molecule has 4 nitrogen and oxygen atoms in total. The van der Waals surface area contributed by atoms with Crippen molar-refractivity contribution < 1.29 is 0 Å². The van der Waals surface area contributed by atoms with Gasteiger partial charge in [0.05, 0.1) is 10.2 Å². The molecule has 1 N–H and O–H groups in total. The van der Waals surface area contributed by atoms with Gasteiger partial charge in [0.25, 0.3) is 5.56 Å². The Morgan fingerprint density at radius 2 is 2.28 bits per heavy atom. The Hall–Kier alpha value is -2.01. The maximum atomic E-state index is 11.5. The van der Waals surface area contributed by atoms with Gasteiger partial charge in [-0.25, -0.2) is 4.98 Å². The summed E-state index contributed by atoms with van der Waals surface area (Å²) in [6, 6.07) is 5.51. The highest BCUT2D eigenvalue weighted by atomic mass is 32.1. The third-order valence-electron chi connectivity index (χ3n) is 2.73. The number of nitrogens with zero attached hydrogens (tertiary/aromatic N) is 2. The molecule has 0 amide bonds. The van der Waals surface area contributed by atoms with Crippen LogP contribution >= 0.6 is 11.3 Å². The van der Waals surface area contributed by atoms with E-state index in [1.54, 1.807) is 17.5 Å². The van der Waals surface area contributed by atoms with E-state index in [1.807, 2.05) is 24.4 Å². The number of aromatic nitrogens is 3. The minimum atomic E-state index is -0.122. The van der Waals surface area contributed by atoms with Crippen LogP contribution in [0.5, 0.6) is 0 Å². The predicted molar refractivity (Wildman–Crippen MR) is 72.8 cm³/mol. The first kappa shape index (κ1) is 11.1. The topological polar surface area (TPSA) is 58.6 Å². The molecular formula is C13H11N3OS. The lowest BCUT2D eigenvalue weighted by atomic mass is 10.2. The van der Waals surface area contributed by atoms with E-state index in [0.717, 1.165) is 27.9 Å². The number of fused-ring (bicyclic) bond motifs is 1. The molecule has 18 heavy (non-hydrogen) atoms. The zero-order chi connectivity index (χ0) is 12.5. The molecule has 0 aliphatic rings. The van der Waals surface area contributed by atoms with E-state index in [9.17, 15) is 4.79 Å². The van der Waals surface area contributed by atoms with Crippen molar-refractivity contribution in [1.82, 2.24) is 15.0 Å². The van der Waals surface area contributed by atoms with Gasteiger partial charge in [0, 0.05) is 23.5 Å². The third kappa shape index (κ3) is 1.93. The summed E-state index contributed by atoms with van der Waals surface area (Å²) < 4.78 is 1.09. The van der Waals surface area contributed by atoms with Crippen LogP contribution in [-0.4, -0.2) is 15.0 Å². The minimum Gasteiger partial charge on any atom is -0.306 e. The summed E-state index contributed by atoms with van der Waals surface area (Å²) >= 11 is 1.63. The van der Waals surface area contributed by atoms with Crippen LogP contribution < -0.4 is 5.56 Å². The zero-order valence-electron chi connectivity index (χ0n) is 9.80. The molecule has 0 radical (unpaired) electrons. The first-order valence-corrected chi connectivity index (χ1v) is 6.58. The van der Waals surface area contributed by atoms with E-state index >= 15 is 0 Å². The van der Waals surface area contributed by atoms with Gasteiger partial charge in [-0.3, -0.25) is 9.78 Å². The Morgan fingerprint density at radius 1 is 1.39 bits per heavy atom. The van der Waals surface area contributed by atoms with Crippen LogP contribution in [0, 0.1) is 0 Å². The second-order valence-corrected chi connectivity index (χ2v) is 4.91. The first-order chi connectivity index (χ1) is 8.76. The van der Waals surface area contributed by atoms with Gasteiger partial charge >= 0.3 is 0 Å². The van der Waals surface area contributed by atoms with Crippen molar-refractivity contribution in [1.29, 1.82) is 0 Å². The van der Waals surface area contributed by atoms with Crippen LogP contribution in [0.25, 0.3) is 21.6 Å². The number of thiophene rings is 1. The summed E-state index contributed by atoms with van der Waals surface area (Å²) in [5.41, 5.74) is 2.48.